The van der Waals surface area contributed by atoms with Crippen molar-refractivity contribution in [3.05, 3.63) is 210 Å². The van der Waals surface area contributed by atoms with Crippen molar-refractivity contribution in [3.8, 4) is 55.6 Å². The molecule has 1 heteroatoms. The molecule has 0 N–H and O–H groups in total. The van der Waals surface area contributed by atoms with Crippen LogP contribution in [0.1, 0.15) is 66.8 Å². The van der Waals surface area contributed by atoms with Gasteiger partial charge < -0.3 is 4.90 Å². The molecule has 0 amide bonds. The largest absolute Gasteiger partial charge is 0.310 e. The third-order valence-corrected chi connectivity index (χ3v) is 14.1. The third kappa shape index (κ3) is 4.69. The molecule has 1 nitrogen and oxygen atoms in total. The van der Waals surface area contributed by atoms with Gasteiger partial charge in [-0.25, -0.2) is 0 Å². The summed E-state index contributed by atoms with van der Waals surface area (Å²) in [5.41, 5.74) is 24.3. The highest BCUT2D eigenvalue weighted by molar-refractivity contribution is 5.94. The molecule has 272 valence electrons. The van der Waals surface area contributed by atoms with E-state index in [0.717, 1.165) is 0 Å². The van der Waals surface area contributed by atoms with E-state index < -0.39 is 0 Å². The van der Waals surface area contributed by atoms with Crippen LogP contribution in [0.5, 0.6) is 0 Å². The summed E-state index contributed by atoms with van der Waals surface area (Å²) in [6.45, 7) is 4.79. The molecule has 8 aromatic rings. The molecule has 0 saturated heterocycles. The highest BCUT2D eigenvalue weighted by Gasteiger charge is 2.56. The van der Waals surface area contributed by atoms with Gasteiger partial charge in [-0.1, -0.05) is 166 Å². The summed E-state index contributed by atoms with van der Waals surface area (Å²) in [6.07, 6.45) is 3.60. The van der Waals surface area contributed by atoms with Crippen molar-refractivity contribution in [2.24, 2.45) is 0 Å². The fraction of sp³-hybridized carbons (Fsp3) is 0.143. The van der Waals surface area contributed by atoms with Crippen molar-refractivity contribution in [1.82, 2.24) is 0 Å². The van der Waals surface area contributed by atoms with Crippen molar-refractivity contribution in [3.63, 3.8) is 0 Å². The summed E-state index contributed by atoms with van der Waals surface area (Å²) in [6, 6.07) is 68.5. The molecule has 0 radical (unpaired) electrons. The predicted octanol–water partition coefficient (Wildman–Crippen LogP) is 15.0. The Labute approximate surface area is 335 Å². The van der Waals surface area contributed by atoms with Gasteiger partial charge >= 0.3 is 0 Å². The molecule has 1 fully saturated rings. The molecule has 57 heavy (non-hydrogen) atoms. The highest BCUT2D eigenvalue weighted by Crippen LogP contribution is 2.69. The fourth-order valence-electron chi connectivity index (χ4n) is 11.4. The number of hydrogen-bond donors (Lipinski definition) is 0. The second-order valence-corrected chi connectivity index (χ2v) is 17.3. The molecule has 1 spiro atoms. The van der Waals surface area contributed by atoms with Crippen molar-refractivity contribution in [2.75, 3.05) is 4.90 Å². The topological polar surface area (TPSA) is 3.24 Å². The first-order valence-electron chi connectivity index (χ1n) is 20.7. The smallest absolute Gasteiger partial charge is 0.0506 e. The van der Waals surface area contributed by atoms with Crippen LogP contribution in [0, 0.1) is 0 Å². The van der Waals surface area contributed by atoms with Gasteiger partial charge in [0.2, 0.25) is 0 Å². The maximum atomic E-state index is 2.62. The predicted molar refractivity (Wildman–Crippen MR) is 238 cm³/mol. The minimum absolute atomic E-state index is 0.00657. The summed E-state index contributed by atoms with van der Waals surface area (Å²) in [5, 5.41) is 0. The van der Waals surface area contributed by atoms with Crippen molar-refractivity contribution >= 4 is 17.1 Å². The molecule has 4 aliphatic rings. The van der Waals surface area contributed by atoms with Gasteiger partial charge in [0.1, 0.15) is 0 Å². The van der Waals surface area contributed by atoms with Crippen LogP contribution in [0.25, 0.3) is 55.6 Å². The van der Waals surface area contributed by atoms with Gasteiger partial charge in [-0.3, -0.25) is 0 Å². The normalized spacial score (nSPS) is 18.8. The Morgan fingerprint density at radius 1 is 0.439 bits per heavy atom. The Morgan fingerprint density at radius 3 is 1.68 bits per heavy atom. The summed E-state index contributed by atoms with van der Waals surface area (Å²) < 4.78 is 0. The zero-order valence-corrected chi connectivity index (χ0v) is 32.5. The second kappa shape index (κ2) is 12.0. The van der Waals surface area contributed by atoms with E-state index in [2.05, 4.69) is 201 Å². The van der Waals surface area contributed by atoms with Gasteiger partial charge in [0.15, 0.2) is 0 Å². The lowest BCUT2D eigenvalue weighted by atomic mass is 9.68. The average Bonchev–Trinajstić information content (AvgIpc) is 3.93. The number of benzene rings is 8. The molecular weight excluding hydrogens is 687 g/mol. The number of hydrogen-bond acceptors (Lipinski definition) is 1. The Hall–Kier alpha value is -6.44. The molecule has 1 aliphatic heterocycles. The van der Waals surface area contributed by atoms with Crippen LogP contribution in [0.15, 0.2) is 182 Å². The molecule has 3 aliphatic carbocycles. The Balaban J connectivity index is 1.04. The Kier molecular flexibility index (Phi) is 6.92. The monoisotopic (exact) mass is 729 g/mol. The third-order valence-electron chi connectivity index (χ3n) is 14.1. The first kappa shape index (κ1) is 32.8. The Morgan fingerprint density at radius 2 is 0.982 bits per heavy atom. The summed E-state index contributed by atoms with van der Waals surface area (Å²) in [4.78, 5) is 2.62. The van der Waals surface area contributed by atoms with Crippen LogP contribution in [-0.2, 0) is 10.8 Å². The molecular formula is C56H43N. The fourth-order valence-corrected chi connectivity index (χ4v) is 11.4. The molecule has 12 rings (SSSR count). The Bertz CT molecular complexity index is 2880. The minimum atomic E-state index is -0.0751. The van der Waals surface area contributed by atoms with Gasteiger partial charge in [0.25, 0.3) is 0 Å². The number of fused-ring (bicyclic) bond motifs is 6. The van der Waals surface area contributed by atoms with Crippen LogP contribution in [0.4, 0.5) is 17.1 Å². The molecule has 2 atom stereocenters. The zero-order chi connectivity index (χ0) is 37.9. The maximum absolute atomic E-state index is 2.62. The summed E-state index contributed by atoms with van der Waals surface area (Å²) in [5.74, 6) is 0.541. The SMILES string of the molecule is CC1(C)c2ccccc2-c2ccc(N3c4ccc(-c5ccc(-c6ccccc6)cc5)cc4C45CCC(C4)c4c(-c6ccc(-c7ccccc7)cc6)ccc3c45)cc21. The van der Waals surface area contributed by atoms with E-state index in [9.17, 15) is 0 Å². The van der Waals surface area contributed by atoms with Crippen LogP contribution in [0.3, 0.4) is 0 Å². The van der Waals surface area contributed by atoms with Crippen molar-refractivity contribution in [1.29, 1.82) is 0 Å². The van der Waals surface area contributed by atoms with Crippen LogP contribution in [0.2, 0.25) is 0 Å². The number of anilines is 3. The van der Waals surface area contributed by atoms with E-state index in [1.165, 1.54) is 109 Å². The van der Waals surface area contributed by atoms with Crippen LogP contribution < -0.4 is 4.90 Å². The van der Waals surface area contributed by atoms with Crippen LogP contribution in [-0.4, -0.2) is 0 Å². The van der Waals surface area contributed by atoms with E-state index >= 15 is 0 Å². The zero-order valence-electron chi connectivity index (χ0n) is 32.5. The van der Waals surface area contributed by atoms with Crippen molar-refractivity contribution < 1.29 is 0 Å². The van der Waals surface area contributed by atoms with E-state index in [-0.39, 0.29) is 10.8 Å². The van der Waals surface area contributed by atoms with E-state index in [1.54, 1.807) is 11.1 Å². The van der Waals surface area contributed by atoms with Gasteiger partial charge in [-0.05, 0) is 139 Å². The lowest BCUT2D eigenvalue weighted by molar-refractivity contribution is 0.545. The molecule has 2 unspecified atom stereocenters. The van der Waals surface area contributed by atoms with Crippen LogP contribution >= 0.6 is 0 Å². The molecule has 2 bridgehead atoms. The molecule has 0 aromatic heterocycles. The standard InChI is InChI=1S/C56H43N/c1-55(2)48-16-10-9-15-46(48)47-27-26-44(34-49(47)55)57-51-29-25-42(40-19-17-38(18-20-40)36-11-5-3-6-12-36)33-50(51)56-32-31-43(35-56)53-45(28-30-52(57)54(53)56)41-23-21-39(22-24-41)37-13-7-4-8-14-37/h3-30,33-34,43H,31-32,35H2,1-2H3. The maximum Gasteiger partial charge on any atom is 0.0506 e. The van der Waals surface area contributed by atoms with Gasteiger partial charge in [-0.15, -0.1) is 0 Å². The van der Waals surface area contributed by atoms with Crippen molar-refractivity contribution in [2.45, 2.75) is 49.9 Å². The lowest BCUT2D eigenvalue weighted by Crippen LogP contribution is -2.33. The first-order chi connectivity index (χ1) is 28.0. The minimum Gasteiger partial charge on any atom is -0.310 e. The number of nitrogens with zero attached hydrogens (tertiary/aromatic N) is 1. The quantitative estimate of drug-likeness (QED) is 0.170. The van der Waals surface area contributed by atoms with Gasteiger partial charge in [0, 0.05) is 16.5 Å². The highest BCUT2D eigenvalue weighted by atomic mass is 15.2. The average molecular weight is 730 g/mol. The van der Waals surface area contributed by atoms with Gasteiger partial charge in [0.05, 0.1) is 11.4 Å². The van der Waals surface area contributed by atoms with Gasteiger partial charge in [-0.2, -0.15) is 0 Å². The van der Waals surface area contributed by atoms with E-state index in [4.69, 9.17) is 0 Å². The van der Waals surface area contributed by atoms with E-state index in [1.807, 2.05) is 0 Å². The lowest BCUT2D eigenvalue weighted by Gasteiger charge is -2.44. The molecule has 8 aromatic carbocycles. The number of rotatable bonds is 5. The summed E-state index contributed by atoms with van der Waals surface area (Å²) in [7, 11) is 0. The molecule has 1 saturated carbocycles. The summed E-state index contributed by atoms with van der Waals surface area (Å²) >= 11 is 0. The van der Waals surface area contributed by atoms with E-state index in [0.29, 0.717) is 5.92 Å². The second-order valence-electron chi connectivity index (χ2n) is 17.3. The first-order valence-corrected chi connectivity index (χ1v) is 20.7. The molecule has 1 heterocycles.